The van der Waals surface area contributed by atoms with Gasteiger partial charge >= 0.3 is 0 Å². The Labute approximate surface area is 94.5 Å². The molecule has 7 heteroatoms. The maximum absolute atomic E-state index is 12.0. The second-order valence-electron chi connectivity index (χ2n) is 3.33. The number of nitrogens with one attached hydrogen (secondary N) is 1. The monoisotopic (exact) mass is 251 g/mol. The van der Waals surface area contributed by atoms with Crippen molar-refractivity contribution in [2.24, 2.45) is 0 Å². The molecule has 0 aliphatic carbocycles. The summed E-state index contributed by atoms with van der Waals surface area (Å²) < 4.78 is 25.4. The molecule has 1 aromatic heterocycles. The number of sulfonamides is 1. The quantitative estimate of drug-likeness (QED) is 0.796. The van der Waals surface area contributed by atoms with E-state index in [-0.39, 0.29) is 16.8 Å². The first-order chi connectivity index (χ1) is 7.00. The van der Waals surface area contributed by atoms with Gasteiger partial charge in [-0.05, 0) is 13.8 Å². The molecule has 15 heavy (non-hydrogen) atoms. The molecular weight excluding hydrogens is 238 g/mol. The van der Waals surface area contributed by atoms with Crippen LogP contribution in [-0.2, 0) is 10.0 Å². The second kappa shape index (κ2) is 4.96. The van der Waals surface area contributed by atoms with Crippen molar-refractivity contribution in [2.45, 2.75) is 24.8 Å². The van der Waals surface area contributed by atoms with Gasteiger partial charge in [-0.25, -0.2) is 8.42 Å². The zero-order valence-corrected chi connectivity index (χ0v) is 10.2. The number of aromatic nitrogens is 2. The van der Waals surface area contributed by atoms with Gasteiger partial charge in [-0.1, -0.05) is 0 Å². The molecule has 1 rings (SSSR count). The third kappa shape index (κ3) is 2.70. The number of hydrogen-bond donors (Lipinski definition) is 1. The Balaban J connectivity index is 3.02. The second-order valence-corrected chi connectivity index (χ2v) is 5.60. The molecule has 0 saturated heterocycles. The first kappa shape index (κ1) is 12.5. The maximum atomic E-state index is 12.0. The van der Waals surface area contributed by atoms with Crippen LogP contribution < -0.4 is 0 Å². The summed E-state index contributed by atoms with van der Waals surface area (Å²) in [5, 5.41) is 6.11. The third-order valence-corrected chi connectivity index (χ3v) is 4.17. The summed E-state index contributed by atoms with van der Waals surface area (Å²) in [4.78, 5) is 0.168. The highest BCUT2D eigenvalue weighted by molar-refractivity contribution is 7.89. The summed E-state index contributed by atoms with van der Waals surface area (Å²) in [7, 11) is -3.46. The molecule has 0 bridgehead atoms. The van der Waals surface area contributed by atoms with Gasteiger partial charge in [0.1, 0.15) is 4.90 Å². The predicted octanol–water partition coefficient (Wildman–Crippen LogP) is 1.05. The molecule has 1 N–H and O–H groups in total. The van der Waals surface area contributed by atoms with E-state index in [1.165, 1.54) is 16.7 Å². The zero-order chi connectivity index (χ0) is 11.5. The van der Waals surface area contributed by atoms with Crippen LogP contribution in [0.15, 0.2) is 17.3 Å². The first-order valence-electron chi connectivity index (χ1n) is 4.56. The van der Waals surface area contributed by atoms with Gasteiger partial charge < -0.3 is 0 Å². The van der Waals surface area contributed by atoms with E-state index in [1.54, 1.807) is 0 Å². The SMILES string of the molecule is CC(C)N(CCCl)S(=O)(=O)c1cn[nH]c1. The lowest BCUT2D eigenvalue weighted by molar-refractivity contribution is 0.370. The summed E-state index contributed by atoms with van der Waals surface area (Å²) in [5.41, 5.74) is 0. The first-order valence-corrected chi connectivity index (χ1v) is 6.54. The van der Waals surface area contributed by atoms with E-state index >= 15 is 0 Å². The van der Waals surface area contributed by atoms with Crippen molar-refractivity contribution in [1.82, 2.24) is 14.5 Å². The molecule has 0 unspecified atom stereocenters. The average Bonchev–Trinajstić information content (AvgIpc) is 2.66. The summed E-state index contributed by atoms with van der Waals surface area (Å²) >= 11 is 5.58. The van der Waals surface area contributed by atoms with Crippen molar-refractivity contribution in [3.8, 4) is 0 Å². The van der Waals surface area contributed by atoms with Crippen LogP contribution in [-0.4, -0.2) is 41.4 Å². The summed E-state index contributed by atoms with van der Waals surface area (Å²) in [5.74, 6) is 0.273. The number of alkyl halides is 1. The lowest BCUT2D eigenvalue weighted by atomic mass is 10.4. The van der Waals surface area contributed by atoms with Gasteiger partial charge in [0.2, 0.25) is 10.0 Å². The smallest absolute Gasteiger partial charge is 0.246 e. The average molecular weight is 252 g/mol. The van der Waals surface area contributed by atoms with Crippen LogP contribution in [0.5, 0.6) is 0 Å². The van der Waals surface area contributed by atoms with Crippen molar-refractivity contribution < 1.29 is 8.42 Å². The Kier molecular flexibility index (Phi) is 4.12. The maximum Gasteiger partial charge on any atom is 0.246 e. The van der Waals surface area contributed by atoms with E-state index < -0.39 is 10.0 Å². The Morgan fingerprint density at radius 2 is 2.27 bits per heavy atom. The molecule has 0 aliphatic heterocycles. The van der Waals surface area contributed by atoms with Crippen LogP contribution in [0.4, 0.5) is 0 Å². The number of hydrogen-bond acceptors (Lipinski definition) is 3. The molecule has 86 valence electrons. The molecule has 0 amide bonds. The zero-order valence-electron chi connectivity index (χ0n) is 8.64. The van der Waals surface area contributed by atoms with Crippen LogP contribution in [0.25, 0.3) is 0 Å². The van der Waals surface area contributed by atoms with Gasteiger partial charge in [-0.15, -0.1) is 11.6 Å². The Morgan fingerprint density at radius 3 is 2.67 bits per heavy atom. The van der Waals surface area contributed by atoms with Crippen molar-refractivity contribution >= 4 is 21.6 Å². The highest BCUT2D eigenvalue weighted by Crippen LogP contribution is 2.16. The summed E-state index contributed by atoms with van der Waals surface area (Å²) in [6, 6.07) is -0.122. The minimum atomic E-state index is -3.46. The number of H-pyrrole nitrogens is 1. The lowest BCUT2D eigenvalue weighted by Crippen LogP contribution is -2.38. The van der Waals surface area contributed by atoms with Gasteiger partial charge in [0, 0.05) is 24.7 Å². The normalized spacial score (nSPS) is 12.6. The van der Waals surface area contributed by atoms with Gasteiger partial charge in [-0.3, -0.25) is 5.10 Å². The molecule has 0 spiro atoms. The standard InChI is InChI=1S/C8H14ClN3O2S/c1-7(2)12(4-3-9)15(13,14)8-5-10-11-6-8/h5-7H,3-4H2,1-2H3,(H,10,11). The molecule has 5 nitrogen and oxygen atoms in total. The summed E-state index contributed by atoms with van der Waals surface area (Å²) in [6.45, 7) is 3.92. The molecule has 0 fully saturated rings. The topological polar surface area (TPSA) is 66.1 Å². The fourth-order valence-electron chi connectivity index (χ4n) is 1.25. The fourth-order valence-corrected chi connectivity index (χ4v) is 3.08. The molecular formula is C8H14ClN3O2S. The van der Waals surface area contributed by atoms with Gasteiger partial charge in [-0.2, -0.15) is 9.40 Å². The van der Waals surface area contributed by atoms with E-state index in [4.69, 9.17) is 11.6 Å². The van der Waals surface area contributed by atoms with Gasteiger partial charge in [0.15, 0.2) is 0 Å². The van der Waals surface area contributed by atoms with E-state index in [0.717, 1.165) is 0 Å². The fraction of sp³-hybridized carbons (Fsp3) is 0.625. The molecule has 1 aromatic rings. The minimum Gasteiger partial charge on any atom is -0.284 e. The Bertz CT molecular complexity index is 388. The molecule has 0 aliphatic rings. The van der Waals surface area contributed by atoms with Crippen molar-refractivity contribution in [3.05, 3.63) is 12.4 Å². The van der Waals surface area contributed by atoms with Gasteiger partial charge in [0.05, 0.1) is 6.20 Å². The van der Waals surface area contributed by atoms with Crippen LogP contribution in [0, 0.1) is 0 Å². The lowest BCUT2D eigenvalue weighted by Gasteiger charge is -2.24. The van der Waals surface area contributed by atoms with E-state index in [9.17, 15) is 8.42 Å². The highest BCUT2D eigenvalue weighted by Gasteiger charge is 2.26. The molecule has 1 heterocycles. The van der Waals surface area contributed by atoms with E-state index in [2.05, 4.69) is 10.2 Å². The van der Waals surface area contributed by atoms with Crippen molar-refractivity contribution in [1.29, 1.82) is 0 Å². The third-order valence-electron chi connectivity index (χ3n) is 1.96. The number of aromatic amines is 1. The molecule has 0 aromatic carbocycles. The van der Waals surface area contributed by atoms with Crippen LogP contribution in [0.2, 0.25) is 0 Å². The number of nitrogens with zero attached hydrogens (tertiary/aromatic N) is 2. The van der Waals surface area contributed by atoms with Crippen LogP contribution in [0.1, 0.15) is 13.8 Å². The van der Waals surface area contributed by atoms with Crippen LogP contribution >= 0.6 is 11.6 Å². The number of rotatable bonds is 5. The molecule has 0 atom stereocenters. The largest absolute Gasteiger partial charge is 0.284 e. The highest BCUT2D eigenvalue weighted by atomic mass is 35.5. The van der Waals surface area contributed by atoms with E-state index in [0.29, 0.717) is 6.54 Å². The molecule has 0 radical (unpaired) electrons. The predicted molar refractivity (Wildman–Crippen MR) is 58.3 cm³/mol. The van der Waals surface area contributed by atoms with Gasteiger partial charge in [0.25, 0.3) is 0 Å². The van der Waals surface area contributed by atoms with Crippen molar-refractivity contribution in [3.63, 3.8) is 0 Å². The Hall–Kier alpha value is -0.590. The Morgan fingerprint density at radius 1 is 1.60 bits per heavy atom. The van der Waals surface area contributed by atoms with Crippen LogP contribution in [0.3, 0.4) is 0 Å². The summed E-state index contributed by atoms with van der Waals surface area (Å²) in [6.07, 6.45) is 2.65. The number of halogens is 1. The minimum absolute atomic E-state index is 0.122. The van der Waals surface area contributed by atoms with Crippen molar-refractivity contribution in [2.75, 3.05) is 12.4 Å². The van der Waals surface area contributed by atoms with E-state index in [1.807, 2.05) is 13.8 Å². The molecule has 0 saturated carbocycles.